The molecule has 2 rings (SSSR count). The van der Waals surface area contributed by atoms with Crippen molar-refractivity contribution in [2.45, 2.75) is 6.42 Å². The molecule has 0 atom stereocenters. The van der Waals surface area contributed by atoms with E-state index in [4.69, 9.17) is 10.00 Å². The number of ether oxygens (including phenoxy) is 1. The Kier molecular flexibility index (Phi) is 5.31. The maximum absolute atomic E-state index is 12.2. The van der Waals surface area contributed by atoms with E-state index in [9.17, 15) is 4.79 Å². The topological polar surface area (TPSA) is 50.1 Å². The zero-order valence-corrected chi connectivity index (χ0v) is 11.5. The molecule has 104 valence electrons. The maximum Gasteiger partial charge on any atom is 0.338 e. The lowest BCUT2D eigenvalue weighted by Gasteiger charge is -2.08. The third-order valence-corrected chi connectivity index (χ3v) is 2.86. The molecule has 0 saturated carbocycles. The predicted octanol–water partition coefficient (Wildman–Crippen LogP) is 3.68. The first-order valence-electron chi connectivity index (χ1n) is 6.67. The Hall–Kier alpha value is -2.86. The van der Waals surface area contributed by atoms with Crippen molar-refractivity contribution in [3.63, 3.8) is 0 Å². The number of carbonyl (C=O) groups is 1. The molecule has 0 radical (unpaired) electrons. The maximum atomic E-state index is 12.2. The molecule has 3 nitrogen and oxygen atoms in total. The molecule has 0 saturated heterocycles. The summed E-state index contributed by atoms with van der Waals surface area (Å²) in [6, 6.07) is 20.9. The van der Waals surface area contributed by atoms with E-state index in [2.05, 4.69) is 0 Å². The molecule has 0 aliphatic heterocycles. The Morgan fingerprint density at radius 2 is 1.67 bits per heavy atom. The predicted molar refractivity (Wildman–Crippen MR) is 81.9 cm³/mol. The van der Waals surface area contributed by atoms with E-state index in [0.717, 1.165) is 11.1 Å². The van der Waals surface area contributed by atoms with Gasteiger partial charge < -0.3 is 4.74 Å². The Labute approximate surface area is 124 Å². The number of hydrogen-bond donors (Lipinski definition) is 0. The van der Waals surface area contributed by atoms with Gasteiger partial charge in [-0.25, -0.2) is 4.79 Å². The molecule has 0 unspecified atom stereocenters. The summed E-state index contributed by atoms with van der Waals surface area (Å²) in [5.41, 5.74) is 2.21. The molecule has 3 heteroatoms. The number of rotatable bonds is 5. The smallest absolute Gasteiger partial charge is 0.338 e. The van der Waals surface area contributed by atoms with Crippen LogP contribution in [0.1, 0.15) is 17.5 Å². The van der Waals surface area contributed by atoms with E-state index in [0.29, 0.717) is 5.57 Å². The Morgan fingerprint density at radius 3 is 2.29 bits per heavy atom. The highest BCUT2D eigenvalue weighted by Crippen LogP contribution is 2.19. The van der Waals surface area contributed by atoms with Crippen molar-refractivity contribution in [2.24, 2.45) is 0 Å². The third-order valence-electron chi connectivity index (χ3n) is 2.86. The van der Waals surface area contributed by atoms with Gasteiger partial charge in [0.15, 0.2) is 0 Å². The SMILES string of the molecule is N#CCCOC(=O)C(=Cc1ccccc1)c1ccccc1. The molecule has 0 aromatic heterocycles. The molecule has 2 aromatic carbocycles. The van der Waals surface area contributed by atoms with Crippen LogP contribution >= 0.6 is 0 Å². The summed E-state index contributed by atoms with van der Waals surface area (Å²) in [6.07, 6.45) is 1.99. The van der Waals surface area contributed by atoms with Crippen molar-refractivity contribution >= 4 is 17.6 Å². The standard InChI is InChI=1S/C18H15NO2/c19-12-7-13-21-18(20)17(16-10-5-2-6-11-16)14-15-8-3-1-4-9-15/h1-6,8-11,14H,7,13H2. The lowest BCUT2D eigenvalue weighted by atomic mass is 10.0. The largest absolute Gasteiger partial charge is 0.461 e. The van der Waals surface area contributed by atoms with Crippen LogP contribution in [0.15, 0.2) is 60.7 Å². The van der Waals surface area contributed by atoms with Crippen LogP contribution in [0.2, 0.25) is 0 Å². The van der Waals surface area contributed by atoms with Gasteiger partial charge in [0.2, 0.25) is 0 Å². The van der Waals surface area contributed by atoms with Crippen molar-refractivity contribution in [3.8, 4) is 6.07 Å². The molecule has 0 amide bonds. The summed E-state index contributed by atoms with van der Waals surface area (Å²) >= 11 is 0. The normalized spacial score (nSPS) is 10.7. The first-order valence-corrected chi connectivity index (χ1v) is 6.67. The van der Waals surface area contributed by atoms with Gasteiger partial charge in [0.05, 0.1) is 18.1 Å². The van der Waals surface area contributed by atoms with Gasteiger partial charge in [-0.2, -0.15) is 5.26 Å². The monoisotopic (exact) mass is 277 g/mol. The first kappa shape index (κ1) is 14.5. The number of benzene rings is 2. The Bertz CT molecular complexity index is 655. The Morgan fingerprint density at radius 1 is 1.05 bits per heavy atom. The van der Waals surface area contributed by atoms with Gasteiger partial charge in [0.1, 0.15) is 6.61 Å². The molecule has 0 bridgehead atoms. The number of carbonyl (C=O) groups excluding carboxylic acids is 1. The van der Waals surface area contributed by atoms with Crippen LogP contribution in [0, 0.1) is 11.3 Å². The summed E-state index contributed by atoms with van der Waals surface area (Å²) in [5.74, 6) is -0.416. The zero-order chi connectivity index (χ0) is 14.9. The van der Waals surface area contributed by atoms with Crippen LogP contribution in [0.4, 0.5) is 0 Å². The first-order chi connectivity index (χ1) is 10.3. The summed E-state index contributed by atoms with van der Waals surface area (Å²) < 4.78 is 5.14. The van der Waals surface area contributed by atoms with Gasteiger partial charge in [0.25, 0.3) is 0 Å². The number of hydrogen-bond acceptors (Lipinski definition) is 3. The summed E-state index contributed by atoms with van der Waals surface area (Å²) in [4.78, 5) is 12.2. The van der Waals surface area contributed by atoms with Crippen LogP contribution in [0.25, 0.3) is 11.6 Å². The van der Waals surface area contributed by atoms with Crippen molar-refractivity contribution in [1.29, 1.82) is 5.26 Å². The lowest BCUT2D eigenvalue weighted by Crippen LogP contribution is -2.08. The minimum Gasteiger partial charge on any atom is -0.461 e. The average molecular weight is 277 g/mol. The van der Waals surface area contributed by atoms with E-state index < -0.39 is 5.97 Å². The van der Waals surface area contributed by atoms with Gasteiger partial charge in [0, 0.05) is 0 Å². The number of nitrogens with zero attached hydrogens (tertiary/aromatic N) is 1. The van der Waals surface area contributed by atoms with E-state index >= 15 is 0 Å². The molecular weight excluding hydrogens is 262 g/mol. The fourth-order valence-corrected chi connectivity index (χ4v) is 1.86. The highest BCUT2D eigenvalue weighted by molar-refractivity contribution is 6.21. The van der Waals surface area contributed by atoms with Gasteiger partial charge in [-0.15, -0.1) is 0 Å². The summed E-state index contributed by atoms with van der Waals surface area (Å²) in [5, 5.41) is 8.51. The number of esters is 1. The second-order valence-electron chi connectivity index (χ2n) is 4.38. The second-order valence-corrected chi connectivity index (χ2v) is 4.38. The molecule has 2 aromatic rings. The third kappa shape index (κ3) is 4.32. The summed E-state index contributed by atoms with van der Waals surface area (Å²) in [7, 11) is 0. The van der Waals surface area contributed by atoms with E-state index in [-0.39, 0.29) is 13.0 Å². The van der Waals surface area contributed by atoms with Crippen molar-refractivity contribution in [3.05, 3.63) is 71.8 Å². The molecule has 0 spiro atoms. The average Bonchev–Trinajstić information content (AvgIpc) is 2.54. The van der Waals surface area contributed by atoms with Crippen molar-refractivity contribution in [1.82, 2.24) is 0 Å². The molecular formula is C18H15NO2. The van der Waals surface area contributed by atoms with Gasteiger partial charge in [-0.1, -0.05) is 60.7 Å². The fraction of sp³-hybridized carbons (Fsp3) is 0.111. The fourth-order valence-electron chi connectivity index (χ4n) is 1.86. The van der Waals surface area contributed by atoms with Crippen molar-refractivity contribution < 1.29 is 9.53 Å². The van der Waals surface area contributed by atoms with E-state index in [1.165, 1.54) is 0 Å². The van der Waals surface area contributed by atoms with Crippen LogP contribution in [0.5, 0.6) is 0 Å². The van der Waals surface area contributed by atoms with Gasteiger partial charge >= 0.3 is 5.97 Å². The van der Waals surface area contributed by atoms with Crippen LogP contribution in [0.3, 0.4) is 0 Å². The van der Waals surface area contributed by atoms with E-state index in [1.54, 1.807) is 6.08 Å². The van der Waals surface area contributed by atoms with Crippen molar-refractivity contribution in [2.75, 3.05) is 6.61 Å². The molecule has 0 heterocycles. The number of nitriles is 1. The second kappa shape index (κ2) is 7.66. The van der Waals surface area contributed by atoms with Crippen LogP contribution in [-0.4, -0.2) is 12.6 Å². The quantitative estimate of drug-likeness (QED) is 0.362. The minimum atomic E-state index is -0.416. The highest BCUT2D eigenvalue weighted by atomic mass is 16.5. The lowest BCUT2D eigenvalue weighted by molar-refractivity contribution is -0.136. The van der Waals surface area contributed by atoms with Crippen LogP contribution in [-0.2, 0) is 9.53 Å². The molecule has 0 aliphatic carbocycles. The highest BCUT2D eigenvalue weighted by Gasteiger charge is 2.13. The molecule has 0 N–H and O–H groups in total. The zero-order valence-electron chi connectivity index (χ0n) is 11.5. The molecule has 0 aliphatic rings. The summed E-state index contributed by atoms with van der Waals surface area (Å²) in [6.45, 7) is 0.105. The van der Waals surface area contributed by atoms with Gasteiger partial charge in [-0.3, -0.25) is 0 Å². The van der Waals surface area contributed by atoms with Crippen LogP contribution < -0.4 is 0 Å². The Balaban J connectivity index is 2.29. The van der Waals surface area contributed by atoms with Gasteiger partial charge in [-0.05, 0) is 17.2 Å². The minimum absolute atomic E-state index is 0.105. The molecule has 0 fully saturated rings. The van der Waals surface area contributed by atoms with E-state index in [1.807, 2.05) is 66.7 Å². The molecule has 21 heavy (non-hydrogen) atoms.